The molecule has 0 atom stereocenters. The molecule has 1 aliphatic rings. The number of halogens is 2. The number of carbonyl (C=O) groups excluding carboxylic acids is 2. The van der Waals surface area contributed by atoms with Crippen LogP contribution in [-0.4, -0.2) is 61.0 Å². The maximum Gasteiger partial charge on any atom is 0.0724 e. The Morgan fingerprint density at radius 2 is 1.27 bits per heavy atom. The topological polar surface area (TPSA) is 86.7 Å². The molecule has 0 N–H and O–H groups in total. The van der Waals surface area contributed by atoms with E-state index in [1.165, 1.54) is 0 Å². The number of fused-ring (bicyclic) bond motifs is 3. The fourth-order valence-electron chi connectivity index (χ4n) is 6.10. The van der Waals surface area contributed by atoms with Crippen molar-refractivity contribution >= 4 is 47.5 Å². The van der Waals surface area contributed by atoms with Crippen molar-refractivity contribution in [1.82, 2.24) is 9.80 Å². The second-order valence-electron chi connectivity index (χ2n) is 10.0. The summed E-state index contributed by atoms with van der Waals surface area (Å²) in [6.07, 6.45) is 3.06. The van der Waals surface area contributed by atoms with E-state index in [-0.39, 0.29) is 35.9 Å². The van der Waals surface area contributed by atoms with E-state index in [4.69, 9.17) is 0 Å². The van der Waals surface area contributed by atoms with Crippen LogP contribution in [0.5, 0.6) is 0 Å². The molecule has 3 aromatic carbocycles. The van der Waals surface area contributed by atoms with Crippen LogP contribution in [0.3, 0.4) is 0 Å². The summed E-state index contributed by atoms with van der Waals surface area (Å²) in [5, 5.41) is 26.1. The van der Waals surface area contributed by atoms with Crippen molar-refractivity contribution < 1.29 is 19.8 Å². The monoisotopic (exact) mass is 586 g/mol. The lowest BCUT2D eigenvalue weighted by atomic mass is 9.84. The molecule has 0 saturated carbocycles. The maximum atomic E-state index is 12.7. The predicted octanol–water partition coefficient (Wildman–Crippen LogP) is 4.61. The third-order valence-corrected chi connectivity index (χ3v) is 8.16. The molecule has 0 amide bonds. The van der Waals surface area contributed by atoms with Gasteiger partial charge in [-0.15, -0.1) is 24.8 Å². The highest BCUT2D eigenvalue weighted by molar-refractivity contribution is 6.21. The number of hydrogen-bond acceptors (Lipinski definition) is 6. The standard InChI is InChI=1S/C32H40N2O4.2ClH/c1-5-33(6-2)18-10-14-24-25(15-11-19-34(7-3)8-4)30(32(37)38)26-13-9-12-23-22-17-16-21(31(35)36)20-27(22)29(24)28(23)26;;/h9,12-13,16-17,20H,5-8,10-11,14-15,18-19H2,1-4H3,(H,35,36)(H,37,38);2*1H/p-2. The minimum atomic E-state index is -1.21. The molecule has 0 aromatic heterocycles. The summed E-state index contributed by atoms with van der Waals surface area (Å²) in [6.45, 7) is 14.2. The van der Waals surface area contributed by atoms with Crippen LogP contribution in [0.25, 0.3) is 33.0 Å². The molecule has 0 unspecified atom stereocenters. The van der Waals surface area contributed by atoms with E-state index in [0.717, 1.165) is 90.9 Å². The van der Waals surface area contributed by atoms with Gasteiger partial charge in [-0.2, -0.15) is 0 Å². The zero-order valence-corrected chi connectivity index (χ0v) is 25.5. The first kappa shape index (κ1) is 33.6. The van der Waals surface area contributed by atoms with Crippen LogP contribution in [0, 0.1) is 0 Å². The fraction of sp³-hybridized carbons (Fsp3) is 0.438. The second kappa shape index (κ2) is 14.8. The molecule has 0 aliphatic heterocycles. The molecule has 218 valence electrons. The zero-order chi connectivity index (χ0) is 27.4. The molecule has 0 heterocycles. The van der Waals surface area contributed by atoms with Crippen LogP contribution in [-0.2, 0) is 12.8 Å². The third kappa shape index (κ3) is 6.46. The van der Waals surface area contributed by atoms with Gasteiger partial charge in [0.2, 0.25) is 0 Å². The van der Waals surface area contributed by atoms with E-state index in [9.17, 15) is 19.8 Å². The SMILES string of the molecule is CCN(CC)CCCc1c(CCCN(CC)CC)c2c3c(cccc3c1C(=O)[O-])-c1ccc(C(=O)[O-])cc1-2.Cl.Cl. The number of carboxylic acids is 2. The predicted molar refractivity (Wildman–Crippen MR) is 164 cm³/mol. The number of carboxylic acid groups (broad SMARTS) is 2. The number of hydrogen-bond donors (Lipinski definition) is 0. The first-order valence-corrected chi connectivity index (χ1v) is 14.0. The van der Waals surface area contributed by atoms with Gasteiger partial charge in [0.25, 0.3) is 0 Å². The van der Waals surface area contributed by atoms with Crippen LogP contribution in [0.4, 0.5) is 0 Å². The average molecular weight is 588 g/mol. The summed E-state index contributed by atoms with van der Waals surface area (Å²) in [4.78, 5) is 29.2. The summed E-state index contributed by atoms with van der Waals surface area (Å²) >= 11 is 0. The minimum absolute atomic E-state index is 0. The van der Waals surface area contributed by atoms with Crippen molar-refractivity contribution in [2.45, 2.75) is 53.4 Å². The van der Waals surface area contributed by atoms with Crippen LogP contribution < -0.4 is 10.2 Å². The number of rotatable bonds is 14. The van der Waals surface area contributed by atoms with Crippen molar-refractivity contribution in [3.8, 4) is 22.3 Å². The second-order valence-corrected chi connectivity index (χ2v) is 10.0. The quantitative estimate of drug-likeness (QED) is 0.214. The van der Waals surface area contributed by atoms with Gasteiger partial charge < -0.3 is 29.6 Å². The Hall–Kier alpha value is -2.64. The van der Waals surface area contributed by atoms with Gasteiger partial charge in [0.05, 0.1) is 11.9 Å². The van der Waals surface area contributed by atoms with E-state index in [2.05, 4.69) is 37.5 Å². The lowest BCUT2D eigenvalue weighted by Crippen LogP contribution is -2.27. The molecule has 8 heteroatoms. The normalized spacial score (nSPS) is 11.4. The number of nitrogens with zero attached hydrogens (tertiary/aromatic N) is 2. The van der Waals surface area contributed by atoms with Gasteiger partial charge in [0.15, 0.2) is 0 Å². The Bertz CT molecular complexity index is 1350. The highest BCUT2D eigenvalue weighted by Gasteiger charge is 2.29. The van der Waals surface area contributed by atoms with E-state index in [1.54, 1.807) is 12.1 Å². The van der Waals surface area contributed by atoms with Crippen molar-refractivity contribution in [2.75, 3.05) is 39.3 Å². The summed E-state index contributed by atoms with van der Waals surface area (Å²) in [5.74, 6) is -2.36. The van der Waals surface area contributed by atoms with Crippen LogP contribution in [0.2, 0.25) is 0 Å². The van der Waals surface area contributed by atoms with Gasteiger partial charge in [-0.25, -0.2) is 0 Å². The number of benzene rings is 3. The van der Waals surface area contributed by atoms with Gasteiger partial charge in [0.1, 0.15) is 0 Å². The van der Waals surface area contributed by atoms with Crippen molar-refractivity contribution in [2.24, 2.45) is 0 Å². The van der Waals surface area contributed by atoms with Crippen molar-refractivity contribution in [3.05, 3.63) is 58.7 Å². The molecule has 0 spiro atoms. The van der Waals surface area contributed by atoms with E-state index in [0.29, 0.717) is 18.2 Å². The molecule has 3 aromatic rings. The smallest absolute Gasteiger partial charge is 0.0724 e. The van der Waals surface area contributed by atoms with Crippen LogP contribution >= 0.6 is 24.8 Å². The fourth-order valence-corrected chi connectivity index (χ4v) is 6.10. The van der Waals surface area contributed by atoms with Gasteiger partial charge in [-0.1, -0.05) is 58.0 Å². The molecular weight excluding hydrogens is 547 g/mol. The summed E-state index contributed by atoms with van der Waals surface area (Å²) in [5.41, 5.74) is 5.99. The molecule has 6 nitrogen and oxygen atoms in total. The van der Waals surface area contributed by atoms with Crippen molar-refractivity contribution in [3.63, 3.8) is 0 Å². The molecule has 0 bridgehead atoms. The van der Waals surface area contributed by atoms with E-state index >= 15 is 0 Å². The molecule has 0 fully saturated rings. The van der Waals surface area contributed by atoms with Gasteiger partial charge in [-0.05, 0) is 121 Å². The van der Waals surface area contributed by atoms with Gasteiger partial charge in [-0.3, -0.25) is 0 Å². The number of aromatic carboxylic acids is 2. The molecule has 0 radical (unpaired) electrons. The van der Waals surface area contributed by atoms with Gasteiger partial charge >= 0.3 is 0 Å². The minimum Gasteiger partial charge on any atom is -0.545 e. The molecular formula is C32H40Cl2N2O4-2. The van der Waals surface area contributed by atoms with Crippen LogP contribution in [0.15, 0.2) is 36.4 Å². The highest BCUT2D eigenvalue weighted by atomic mass is 35.5. The lowest BCUT2D eigenvalue weighted by molar-refractivity contribution is -0.256. The maximum absolute atomic E-state index is 12.7. The van der Waals surface area contributed by atoms with E-state index in [1.807, 2.05) is 24.3 Å². The number of carbonyl (C=O) groups is 2. The Balaban J connectivity index is 0.00000280. The van der Waals surface area contributed by atoms with E-state index < -0.39 is 11.9 Å². The molecule has 4 rings (SSSR count). The average Bonchev–Trinajstić information content (AvgIpc) is 3.25. The Kier molecular flexibility index (Phi) is 12.4. The summed E-state index contributed by atoms with van der Waals surface area (Å²) < 4.78 is 0. The Labute approximate surface area is 250 Å². The lowest BCUT2D eigenvalue weighted by Gasteiger charge is -2.24. The third-order valence-electron chi connectivity index (χ3n) is 8.16. The molecule has 40 heavy (non-hydrogen) atoms. The largest absolute Gasteiger partial charge is 0.545 e. The summed E-state index contributed by atoms with van der Waals surface area (Å²) in [7, 11) is 0. The Morgan fingerprint density at radius 3 is 1.80 bits per heavy atom. The first-order valence-electron chi connectivity index (χ1n) is 14.0. The zero-order valence-electron chi connectivity index (χ0n) is 23.9. The Morgan fingerprint density at radius 1 is 0.700 bits per heavy atom. The van der Waals surface area contributed by atoms with Crippen molar-refractivity contribution in [1.29, 1.82) is 0 Å². The first-order chi connectivity index (χ1) is 18.4. The molecule has 0 saturated heterocycles. The summed E-state index contributed by atoms with van der Waals surface area (Å²) in [6, 6.07) is 10.8. The van der Waals surface area contributed by atoms with Crippen LogP contribution in [0.1, 0.15) is 72.4 Å². The van der Waals surface area contributed by atoms with Gasteiger partial charge in [0, 0.05) is 5.56 Å². The molecule has 1 aliphatic carbocycles. The highest BCUT2D eigenvalue weighted by Crippen LogP contribution is 2.51.